The highest BCUT2D eigenvalue weighted by Crippen LogP contribution is 2.34. The molecule has 1 atom stereocenters. The van der Waals surface area contributed by atoms with Gasteiger partial charge in [0.25, 0.3) is 0 Å². The van der Waals surface area contributed by atoms with E-state index in [0.717, 1.165) is 18.4 Å². The molecule has 0 saturated carbocycles. The minimum atomic E-state index is -0.734. The highest BCUT2D eigenvalue weighted by atomic mass is 35.5. The summed E-state index contributed by atoms with van der Waals surface area (Å²) in [6, 6.07) is 3.14. The van der Waals surface area contributed by atoms with Crippen LogP contribution in [0.25, 0.3) is 11.0 Å². The molecule has 0 radical (unpaired) electrons. The molecule has 1 unspecified atom stereocenters. The summed E-state index contributed by atoms with van der Waals surface area (Å²) in [5.74, 6) is 1.59. The van der Waals surface area contributed by atoms with Crippen LogP contribution in [0.4, 0.5) is 4.39 Å². The average molecular weight is 349 g/mol. The van der Waals surface area contributed by atoms with Crippen molar-refractivity contribution < 1.29 is 8.60 Å². The molecule has 2 heterocycles. The van der Waals surface area contributed by atoms with Gasteiger partial charge in [-0.1, -0.05) is 11.6 Å². The lowest BCUT2D eigenvalue weighted by Gasteiger charge is -2.26. The summed E-state index contributed by atoms with van der Waals surface area (Å²) in [6.07, 6.45) is 1.62. The first-order valence-corrected chi connectivity index (χ1v) is 9.13. The van der Waals surface area contributed by atoms with E-state index in [-0.39, 0.29) is 16.4 Å². The number of halogens is 3. The van der Waals surface area contributed by atoms with Crippen LogP contribution in [0.15, 0.2) is 12.1 Å². The van der Waals surface area contributed by atoms with Crippen molar-refractivity contribution in [1.82, 2.24) is 9.55 Å². The van der Waals surface area contributed by atoms with Crippen LogP contribution in [0.5, 0.6) is 0 Å². The Morgan fingerprint density at radius 2 is 2.10 bits per heavy atom. The molecule has 114 valence electrons. The number of aromatic nitrogens is 2. The number of benzene rings is 1. The lowest BCUT2D eigenvalue weighted by atomic mass is 10.1. The molecule has 2 aromatic rings. The zero-order valence-corrected chi connectivity index (χ0v) is 13.8. The van der Waals surface area contributed by atoms with Gasteiger partial charge in [0.05, 0.1) is 21.4 Å². The molecule has 1 aromatic carbocycles. The van der Waals surface area contributed by atoms with Gasteiger partial charge in [-0.15, -0.1) is 11.6 Å². The van der Waals surface area contributed by atoms with Gasteiger partial charge >= 0.3 is 0 Å². The fraction of sp³-hybridized carbons (Fsp3) is 0.500. The number of imidazole rings is 1. The predicted octanol–water partition coefficient (Wildman–Crippen LogP) is 4.21. The first-order valence-electron chi connectivity index (χ1n) is 6.83. The second-order valence-electron chi connectivity index (χ2n) is 5.29. The van der Waals surface area contributed by atoms with E-state index >= 15 is 0 Å². The zero-order chi connectivity index (χ0) is 15.1. The van der Waals surface area contributed by atoms with Crippen LogP contribution in [-0.4, -0.2) is 25.3 Å². The first-order chi connectivity index (χ1) is 9.97. The van der Waals surface area contributed by atoms with Crippen molar-refractivity contribution in [2.45, 2.75) is 31.2 Å². The summed E-state index contributed by atoms with van der Waals surface area (Å²) in [7, 11) is -0.734. The van der Waals surface area contributed by atoms with Gasteiger partial charge in [-0.2, -0.15) is 0 Å². The lowest BCUT2D eigenvalue weighted by Crippen LogP contribution is -2.23. The van der Waals surface area contributed by atoms with E-state index in [2.05, 4.69) is 9.55 Å². The maximum Gasteiger partial charge on any atom is 0.144 e. The van der Waals surface area contributed by atoms with E-state index in [0.29, 0.717) is 22.8 Å². The second-order valence-corrected chi connectivity index (χ2v) is 8.05. The highest BCUT2D eigenvalue weighted by molar-refractivity contribution is 7.85. The van der Waals surface area contributed by atoms with Gasteiger partial charge in [0, 0.05) is 34.4 Å². The standard InChI is InChI=1S/C14H15Cl2FN2OS/c1-8(15)14-18-12-7-11(17)10(16)6-13(12)19(14)9-2-4-21(20)5-3-9/h6-9H,2-5H2,1H3. The Bertz CT molecular complexity index is 707. The van der Waals surface area contributed by atoms with Crippen LogP contribution in [0.1, 0.15) is 37.0 Å². The van der Waals surface area contributed by atoms with Crippen LogP contribution in [0.3, 0.4) is 0 Å². The summed E-state index contributed by atoms with van der Waals surface area (Å²) < 4.78 is 27.2. The molecule has 3 rings (SSSR count). The van der Waals surface area contributed by atoms with Crippen molar-refractivity contribution in [3.05, 3.63) is 28.8 Å². The molecule has 0 bridgehead atoms. The van der Waals surface area contributed by atoms with Crippen LogP contribution >= 0.6 is 23.2 Å². The molecular weight excluding hydrogens is 334 g/mol. The number of hydrogen-bond donors (Lipinski definition) is 0. The molecule has 0 amide bonds. The van der Waals surface area contributed by atoms with E-state index in [9.17, 15) is 8.60 Å². The van der Waals surface area contributed by atoms with Gasteiger partial charge in [0.1, 0.15) is 11.6 Å². The molecule has 21 heavy (non-hydrogen) atoms. The maximum absolute atomic E-state index is 13.6. The van der Waals surface area contributed by atoms with Crippen LogP contribution < -0.4 is 0 Å². The molecule has 0 spiro atoms. The number of hydrogen-bond acceptors (Lipinski definition) is 2. The molecule has 1 fully saturated rings. The van der Waals surface area contributed by atoms with Crippen molar-refractivity contribution in [2.75, 3.05) is 11.5 Å². The fourth-order valence-electron chi connectivity index (χ4n) is 2.81. The van der Waals surface area contributed by atoms with E-state index in [1.54, 1.807) is 6.07 Å². The summed E-state index contributed by atoms with van der Waals surface area (Å²) >= 11 is 12.2. The molecule has 1 saturated heterocycles. The van der Waals surface area contributed by atoms with Crippen molar-refractivity contribution in [3.63, 3.8) is 0 Å². The van der Waals surface area contributed by atoms with Gasteiger partial charge in [-0.25, -0.2) is 9.37 Å². The second kappa shape index (κ2) is 5.86. The summed E-state index contributed by atoms with van der Waals surface area (Å²) in [5.41, 5.74) is 1.35. The lowest BCUT2D eigenvalue weighted by molar-refractivity contribution is 0.457. The SMILES string of the molecule is CC(Cl)c1nc2cc(F)c(Cl)cc2n1C1CCS(=O)CC1. The fourth-order valence-corrected chi connectivity index (χ4v) is 4.40. The number of nitrogens with zero attached hydrogens (tertiary/aromatic N) is 2. The minimum Gasteiger partial charge on any atom is -0.324 e. The van der Waals surface area contributed by atoms with Crippen LogP contribution in [-0.2, 0) is 10.8 Å². The van der Waals surface area contributed by atoms with Crippen molar-refractivity contribution >= 4 is 45.0 Å². The Labute approximate surface area is 134 Å². The highest BCUT2D eigenvalue weighted by Gasteiger charge is 2.26. The molecule has 1 aliphatic rings. The third-order valence-electron chi connectivity index (χ3n) is 3.84. The van der Waals surface area contributed by atoms with Crippen LogP contribution in [0.2, 0.25) is 5.02 Å². The molecule has 0 aliphatic carbocycles. The Morgan fingerprint density at radius 3 is 2.71 bits per heavy atom. The Balaban J connectivity index is 2.16. The van der Waals surface area contributed by atoms with Gasteiger partial charge in [-0.3, -0.25) is 4.21 Å². The Kier molecular flexibility index (Phi) is 4.26. The predicted molar refractivity (Wildman–Crippen MR) is 85.1 cm³/mol. The maximum atomic E-state index is 13.6. The number of fused-ring (bicyclic) bond motifs is 1. The van der Waals surface area contributed by atoms with Gasteiger partial charge < -0.3 is 4.57 Å². The van der Waals surface area contributed by atoms with Crippen molar-refractivity contribution in [3.8, 4) is 0 Å². The van der Waals surface area contributed by atoms with E-state index in [4.69, 9.17) is 23.2 Å². The summed E-state index contributed by atoms with van der Waals surface area (Å²) in [4.78, 5) is 4.46. The van der Waals surface area contributed by atoms with Crippen molar-refractivity contribution in [1.29, 1.82) is 0 Å². The third-order valence-corrected chi connectivity index (χ3v) is 5.70. The molecule has 7 heteroatoms. The molecule has 1 aliphatic heterocycles. The Hall–Kier alpha value is -0.650. The molecule has 3 nitrogen and oxygen atoms in total. The number of alkyl halides is 1. The topological polar surface area (TPSA) is 34.9 Å². The van der Waals surface area contributed by atoms with Gasteiger partial charge in [-0.05, 0) is 25.8 Å². The smallest absolute Gasteiger partial charge is 0.144 e. The van der Waals surface area contributed by atoms with Gasteiger partial charge in [0.2, 0.25) is 0 Å². The molecule has 1 aromatic heterocycles. The summed E-state index contributed by atoms with van der Waals surface area (Å²) in [6.45, 7) is 1.85. The Morgan fingerprint density at radius 1 is 1.43 bits per heavy atom. The average Bonchev–Trinajstić information content (AvgIpc) is 2.79. The normalized spacial score (nSPS) is 24.4. The third kappa shape index (κ3) is 2.83. The monoisotopic (exact) mass is 348 g/mol. The van der Waals surface area contributed by atoms with Gasteiger partial charge in [0.15, 0.2) is 0 Å². The zero-order valence-electron chi connectivity index (χ0n) is 11.5. The minimum absolute atomic E-state index is 0.0804. The molecular formula is C14H15Cl2FN2OS. The van der Waals surface area contributed by atoms with E-state index in [1.165, 1.54) is 6.07 Å². The number of rotatable bonds is 2. The van der Waals surface area contributed by atoms with E-state index in [1.807, 2.05) is 6.92 Å². The van der Waals surface area contributed by atoms with E-state index < -0.39 is 16.6 Å². The molecule has 0 N–H and O–H groups in total. The first kappa shape index (κ1) is 15.3. The quantitative estimate of drug-likeness (QED) is 0.761. The summed E-state index contributed by atoms with van der Waals surface area (Å²) in [5, 5.41) is -0.205. The largest absolute Gasteiger partial charge is 0.324 e. The van der Waals surface area contributed by atoms with Crippen LogP contribution in [0, 0.1) is 5.82 Å². The van der Waals surface area contributed by atoms with Crippen molar-refractivity contribution in [2.24, 2.45) is 0 Å².